The number of ether oxygens (including phenoxy) is 2. The smallest absolute Gasteiger partial charge is 0.297 e. The van der Waals surface area contributed by atoms with E-state index in [1.165, 1.54) is 7.11 Å². The Kier molecular flexibility index (Phi) is 7.16. The molecule has 158 valence electrons. The van der Waals surface area contributed by atoms with Crippen molar-refractivity contribution in [3.63, 3.8) is 0 Å². The molecule has 0 aromatic heterocycles. The number of phenols is 1. The first kappa shape index (κ1) is 21.6. The molecule has 1 fully saturated rings. The summed E-state index contributed by atoms with van der Waals surface area (Å²) in [4.78, 5) is 0.168. The van der Waals surface area contributed by atoms with Crippen LogP contribution in [-0.2, 0) is 25.5 Å². The van der Waals surface area contributed by atoms with Gasteiger partial charge in [0.05, 0.1) is 24.7 Å². The molecule has 1 saturated carbocycles. The van der Waals surface area contributed by atoms with Crippen molar-refractivity contribution in [2.24, 2.45) is 0 Å². The predicted octanol–water partition coefficient (Wildman–Crippen LogP) is 3.99. The van der Waals surface area contributed by atoms with Crippen LogP contribution in [0, 0.1) is 6.92 Å². The largest absolute Gasteiger partial charge is 0.504 e. The topological polar surface area (TPSA) is 82.1 Å². The summed E-state index contributed by atoms with van der Waals surface area (Å²) in [7, 11) is -2.32. The minimum absolute atomic E-state index is 0.0908. The normalized spacial score (nSPS) is 19.8. The SMILES string of the molecule is COc1ccc(CCO[C@@H]2CCCC[C@@H]2OS(=O)(=O)c2ccc(C)cc2)cc1O. The lowest BCUT2D eigenvalue weighted by Crippen LogP contribution is -2.36. The molecule has 1 N–H and O–H groups in total. The number of rotatable bonds is 8. The molecule has 0 unspecified atom stereocenters. The maximum Gasteiger partial charge on any atom is 0.297 e. The van der Waals surface area contributed by atoms with Gasteiger partial charge >= 0.3 is 0 Å². The Morgan fingerprint density at radius 2 is 1.72 bits per heavy atom. The van der Waals surface area contributed by atoms with Gasteiger partial charge in [0, 0.05) is 0 Å². The number of aromatic hydroxyl groups is 1. The number of hydrogen-bond donors (Lipinski definition) is 1. The Morgan fingerprint density at radius 1 is 1.03 bits per heavy atom. The summed E-state index contributed by atoms with van der Waals surface area (Å²) in [6.07, 6.45) is 3.17. The zero-order chi connectivity index (χ0) is 20.9. The van der Waals surface area contributed by atoms with E-state index in [0.29, 0.717) is 25.2 Å². The minimum Gasteiger partial charge on any atom is -0.504 e. The van der Waals surface area contributed by atoms with Crippen molar-refractivity contribution < 1.29 is 27.2 Å². The van der Waals surface area contributed by atoms with E-state index in [9.17, 15) is 13.5 Å². The minimum atomic E-state index is -3.83. The second kappa shape index (κ2) is 9.61. The summed E-state index contributed by atoms with van der Waals surface area (Å²) in [6, 6.07) is 11.9. The van der Waals surface area contributed by atoms with Crippen molar-refractivity contribution in [1.29, 1.82) is 0 Å². The van der Waals surface area contributed by atoms with Gasteiger partial charge in [0.1, 0.15) is 6.10 Å². The van der Waals surface area contributed by atoms with E-state index >= 15 is 0 Å². The number of benzene rings is 2. The molecule has 3 rings (SSSR count). The van der Waals surface area contributed by atoms with Crippen LogP contribution >= 0.6 is 0 Å². The lowest BCUT2D eigenvalue weighted by Gasteiger charge is -2.30. The van der Waals surface area contributed by atoms with Crippen molar-refractivity contribution in [3.8, 4) is 11.5 Å². The highest BCUT2D eigenvalue weighted by Crippen LogP contribution is 2.29. The third-order valence-electron chi connectivity index (χ3n) is 5.17. The third kappa shape index (κ3) is 5.72. The number of hydrogen-bond acceptors (Lipinski definition) is 6. The molecule has 6 nitrogen and oxygen atoms in total. The molecule has 2 atom stereocenters. The lowest BCUT2D eigenvalue weighted by molar-refractivity contribution is -0.0440. The van der Waals surface area contributed by atoms with Crippen molar-refractivity contribution in [1.82, 2.24) is 0 Å². The van der Waals surface area contributed by atoms with Gasteiger partial charge < -0.3 is 14.6 Å². The fourth-order valence-electron chi connectivity index (χ4n) is 3.51. The van der Waals surface area contributed by atoms with E-state index in [-0.39, 0.29) is 16.7 Å². The van der Waals surface area contributed by atoms with Crippen LogP contribution in [0.15, 0.2) is 47.4 Å². The van der Waals surface area contributed by atoms with Crippen molar-refractivity contribution in [3.05, 3.63) is 53.6 Å². The predicted molar refractivity (Wildman–Crippen MR) is 110 cm³/mol. The van der Waals surface area contributed by atoms with Crippen molar-refractivity contribution in [2.45, 2.75) is 56.1 Å². The van der Waals surface area contributed by atoms with Gasteiger partial charge in [-0.3, -0.25) is 4.18 Å². The lowest BCUT2D eigenvalue weighted by atomic mass is 9.95. The summed E-state index contributed by atoms with van der Waals surface area (Å²) in [5.41, 5.74) is 1.91. The molecule has 2 aromatic rings. The Labute approximate surface area is 172 Å². The highest BCUT2D eigenvalue weighted by Gasteiger charge is 2.31. The number of aryl methyl sites for hydroxylation is 1. The standard InChI is InChI=1S/C22H28O6S/c1-16-7-10-18(11-8-16)29(24,25)28-22-6-4-3-5-21(22)27-14-13-17-9-12-20(26-2)19(23)15-17/h7-12,15,21-23H,3-6,13-14H2,1-2H3/t21-,22+/m1/s1. The molecule has 1 aliphatic rings. The molecule has 0 aliphatic heterocycles. The fraction of sp³-hybridized carbons (Fsp3) is 0.455. The molecule has 0 saturated heterocycles. The van der Waals surface area contributed by atoms with Crippen LogP contribution in [0.3, 0.4) is 0 Å². The van der Waals surface area contributed by atoms with Gasteiger partial charge in [-0.05, 0) is 56.0 Å². The Hall–Kier alpha value is -2.09. The molecule has 29 heavy (non-hydrogen) atoms. The van der Waals surface area contributed by atoms with E-state index in [1.54, 1.807) is 36.4 Å². The van der Waals surface area contributed by atoms with Gasteiger partial charge in [-0.1, -0.05) is 36.6 Å². The van der Waals surface area contributed by atoms with Crippen LogP contribution in [0.1, 0.15) is 36.8 Å². The van der Waals surface area contributed by atoms with E-state index in [2.05, 4.69) is 0 Å². The first-order chi connectivity index (χ1) is 13.9. The van der Waals surface area contributed by atoms with Crippen molar-refractivity contribution in [2.75, 3.05) is 13.7 Å². The molecule has 7 heteroatoms. The van der Waals surface area contributed by atoms with E-state index < -0.39 is 16.2 Å². The van der Waals surface area contributed by atoms with Gasteiger partial charge in [0.2, 0.25) is 0 Å². The van der Waals surface area contributed by atoms with Crippen LogP contribution in [0.25, 0.3) is 0 Å². The molecule has 0 spiro atoms. The van der Waals surface area contributed by atoms with Crippen LogP contribution in [0.2, 0.25) is 0 Å². The zero-order valence-electron chi connectivity index (χ0n) is 16.8. The monoisotopic (exact) mass is 420 g/mol. The molecule has 0 bridgehead atoms. The molecule has 2 aromatic carbocycles. The van der Waals surface area contributed by atoms with Gasteiger partial charge in [-0.2, -0.15) is 8.42 Å². The van der Waals surface area contributed by atoms with Gasteiger partial charge in [0.15, 0.2) is 11.5 Å². The van der Waals surface area contributed by atoms with E-state index in [0.717, 1.165) is 30.4 Å². The summed E-state index contributed by atoms with van der Waals surface area (Å²) in [6.45, 7) is 2.33. The quantitative estimate of drug-likeness (QED) is 0.651. The third-order valence-corrected chi connectivity index (χ3v) is 6.52. The van der Waals surface area contributed by atoms with Gasteiger partial charge in [-0.25, -0.2) is 0 Å². The van der Waals surface area contributed by atoms with E-state index in [4.69, 9.17) is 13.7 Å². The summed E-state index contributed by atoms with van der Waals surface area (Å²) < 4.78 is 41.9. The van der Waals surface area contributed by atoms with Crippen LogP contribution in [-0.4, -0.2) is 39.4 Å². The zero-order valence-corrected chi connectivity index (χ0v) is 17.7. The molecular formula is C22H28O6S. The summed E-state index contributed by atoms with van der Waals surface area (Å²) in [5.74, 6) is 0.518. The Morgan fingerprint density at radius 3 is 2.38 bits per heavy atom. The average Bonchev–Trinajstić information content (AvgIpc) is 2.69. The highest BCUT2D eigenvalue weighted by molar-refractivity contribution is 7.86. The highest BCUT2D eigenvalue weighted by atomic mass is 32.2. The average molecular weight is 421 g/mol. The summed E-state index contributed by atoms with van der Waals surface area (Å²) in [5, 5.41) is 9.88. The Balaban J connectivity index is 1.59. The molecular weight excluding hydrogens is 392 g/mol. The Bertz CT molecular complexity index is 907. The van der Waals surface area contributed by atoms with Crippen LogP contribution in [0.5, 0.6) is 11.5 Å². The number of methoxy groups -OCH3 is 1. The fourth-order valence-corrected chi connectivity index (χ4v) is 4.63. The second-order valence-electron chi connectivity index (χ2n) is 7.35. The molecule has 1 aliphatic carbocycles. The van der Waals surface area contributed by atoms with Crippen LogP contribution in [0.4, 0.5) is 0 Å². The molecule has 0 amide bonds. The van der Waals surface area contributed by atoms with E-state index in [1.807, 2.05) is 13.0 Å². The maximum absolute atomic E-state index is 12.6. The van der Waals surface area contributed by atoms with Crippen LogP contribution < -0.4 is 4.74 Å². The summed E-state index contributed by atoms with van der Waals surface area (Å²) >= 11 is 0. The van der Waals surface area contributed by atoms with Gasteiger partial charge in [0.25, 0.3) is 10.1 Å². The van der Waals surface area contributed by atoms with Gasteiger partial charge in [-0.15, -0.1) is 0 Å². The molecule has 0 heterocycles. The maximum atomic E-state index is 12.6. The second-order valence-corrected chi connectivity index (χ2v) is 8.92. The molecule has 0 radical (unpaired) electrons. The number of phenolic OH excluding ortho intramolecular Hbond substituents is 1. The van der Waals surface area contributed by atoms with Crippen molar-refractivity contribution >= 4 is 10.1 Å². The first-order valence-corrected chi connectivity index (χ1v) is 11.3. The first-order valence-electron chi connectivity index (χ1n) is 9.86.